The largest absolute Gasteiger partial charge is 0.450 e. The van der Waals surface area contributed by atoms with Gasteiger partial charge in [-0.05, 0) is 24.6 Å². The molecule has 2 N–H and O–H groups in total. The van der Waals surface area contributed by atoms with E-state index in [4.69, 9.17) is 4.74 Å². The maximum absolute atomic E-state index is 12.9. The van der Waals surface area contributed by atoms with Crippen LogP contribution in [0.1, 0.15) is 27.3 Å². The molecule has 2 aromatic heterocycles. The van der Waals surface area contributed by atoms with Crippen LogP contribution in [0.15, 0.2) is 28.6 Å². The van der Waals surface area contributed by atoms with Gasteiger partial charge in [0.25, 0.3) is 5.91 Å². The summed E-state index contributed by atoms with van der Waals surface area (Å²) in [7, 11) is 0. The van der Waals surface area contributed by atoms with Gasteiger partial charge in [-0.1, -0.05) is 46.6 Å². The second kappa shape index (κ2) is 10.2. The van der Waals surface area contributed by atoms with Crippen LogP contribution in [0.3, 0.4) is 0 Å². The summed E-state index contributed by atoms with van der Waals surface area (Å²) in [4.78, 5) is 23.5. The van der Waals surface area contributed by atoms with Crippen LogP contribution in [0.5, 0.6) is 0 Å². The number of hydrogen-bond acceptors (Lipinski definition) is 10. The fraction of sp³-hybridized carbons (Fsp3) is 0.250. The van der Waals surface area contributed by atoms with Crippen LogP contribution in [0.2, 0.25) is 0 Å². The number of amides is 2. The number of hydrogen-bond donors (Lipinski definition) is 2. The van der Waals surface area contributed by atoms with E-state index < -0.39 is 6.09 Å². The second-order valence-electron chi connectivity index (χ2n) is 5.32. The van der Waals surface area contributed by atoms with Gasteiger partial charge in [-0.25, -0.2) is 9.18 Å². The van der Waals surface area contributed by atoms with E-state index in [1.165, 1.54) is 46.6 Å². The fourth-order valence-corrected chi connectivity index (χ4v) is 4.44. The number of aromatic nitrogens is 4. The normalized spacial score (nSPS) is 10.6. The molecule has 0 spiro atoms. The van der Waals surface area contributed by atoms with E-state index in [2.05, 4.69) is 31.0 Å². The molecule has 0 atom stereocenters. The number of carbonyl (C=O) groups excluding carboxylic acids is 2. The lowest BCUT2D eigenvalue weighted by molar-refractivity contribution is 0.0949. The first-order valence-electron chi connectivity index (χ1n) is 8.28. The zero-order chi connectivity index (χ0) is 20.6. The van der Waals surface area contributed by atoms with E-state index in [9.17, 15) is 14.0 Å². The molecule has 0 aliphatic carbocycles. The summed E-state index contributed by atoms with van der Waals surface area (Å²) in [5.41, 5.74) is 0.781. The highest BCUT2D eigenvalue weighted by Gasteiger charge is 2.14. The van der Waals surface area contributed by atoms with Crippen molar-refractivity contribution in [2.24, 2.45) is 0 Å². The lowest BCUT2D eigenvalue weighted by Crippen LogP contribution is -2.22. The first kappa shape index (κ1) is 21.1. The van der Waals surface area contributed by atoms with Crippen LogP contribution < -0.4 is 10.6 Å². The molecule has 152 valence electrons. The topological polar surface area (TPSA) is 119 Å². The summed E-state index contributed by atoms with van der Waals surface area (Å²) < 4.78 is 18.3. The Bertz CT molecular complexity index is 978. The standard InChI is InChI=1S/C16H15FN6O3S3/c1-2-26-15(25)19-14-22-23-16(29-14)27-8-11-20-21-13(28-11)12(24)18-7-9-3-5-10(17)6-4-9/h3-6H,2,7-8H2,1H3,(H,18,24)(H,19,22,25). The van der Waals surface area contributed by atoms with Gasteiger partial charge in [-0.2, -0.15) is 0 Å². The first-order chi connectivity index (χ1) is 14.0. The van der Waals surface area contributed by atoms with E-state index in [-0.39, 0.29) is 29.9 Å². The molecule has 3 rings (SSSR count). The summed E-state index contributed by atoms with van der Waals surface area (Å²) >= 11 is 3.74. The molecule has 0 unspecified atom stereocenters. The van der Waals surface area contributed by atoms with Crippen molar-refractivity contribution in [2.45, 2.75) is 23.6 Å². The number of nitrogens with zero attached hydrogens (tertiary/aromatic N) is 4. The molecular formula is C16H15FN6O3S3. The molecule has 29 heavy (non-hydrogen) atoms. The van der Waals surface area contributed by atoms with Gasteiger partial charge in [0.1, 0.15) is 10.8 Å². The predicted molar refractivity (Wildman–Crippen MR) is 108 cm³/mol. The molecule has 0 radical (unpaired) electrons. The van der Waals surface area contributed by atoms with Crippen LogP contribution in [0.4, 0.5) is 14.3 Å². The molecule has 0 saturated heterocycles. The molecular weight excluding hydrogens is 439 g/mol. The molecule has 0 fully saturated rings. The van der Waals surface area contributed by atoms with Crippen molar-refractivity contribution in [3.8, 4) is 0 Å². The number of carbonyl (C=O) groups is 2. The third kappa shape index (κ3) is 6.44. The molecule has 2 heterocycles. The molecule has 0 saturated carbocycles. The highest BCUT2D eigenvalue weighted by atomic mass is 32.2. The molecule has 13 heteroatoms. The van der Waals surface area contributed by atoms with Crippen LogP contribution in [-0.4, -0.2) is 39.0 Å². The zero-order valence-electron chi connectivity index (χ0n) is 15.0. The summed E-state index contributed by atoms with van der Waals surface area (Å²) in [5.74, 6) is -0.220. The van der Waals surface area contributed by atoms with Crippen LogP contribution in [-0.2, 0) is 17.0 Å². The SMILES string of the molecule is CCOC(=O)Nc1nnc(SCc2nnc(C(=O)NCc3ccc(F)cc3)s2)s1. The van der Waals surface area contributed by atoms with Crippen molar-refractivity contribution in [2.75, 3.05) is 11.9 Å². The minimum atomic E-state index is -0.583. The Balaban J connectivity index is 1.47. The van der Waals surface area contributed by atoms with E-state index in [0.29, 0.717) is 20.2 Å². The smallest absolute Gasteiger partial charge is 0.413 e. The van der Waals surface area contributed by atoms with Gasteiger partial charge in [-0.15, -0.1) is 20.4 Å². The Hall–Kier alpha value is -2.64. The second-order valence-corrected chi connectivity index (χ2v) is 8.58. The Labute approximate surface area is 177 Å². The number of thioether (sulfide) groups is 1. The fourth-order valence-electron chi connectivity index (χ4n) is 1.96. The number of rotatable bonds is 8. The number of anilines is 1. The summed E-state index contributed by atoms with van der Waals surface area (Å²) in [5, 5.41) is 22.2. The Morgan fingerprint density at radius 1 is 1.14 bits per heavy atom. The molecule has 2 amide bonds. The average Bonchev–Trinajstić information content (AvgIpc) is 3.35. The van der Waals surface area contributed by atoms with Gasteiger partial charge in [0.2, 0.25) is 10.1 Å². The first-order valence-corrected chi connectivity index (χ1v) is 10.9. The number of ether oxygens (including phenoxy) is 1. The van der Waals surface area contributed by atoms with E-state index in [1.807, 2.05) is 0 Å². The van der Waals surface area contributed by atoms with Crippen LogP contribution in [0, 0.1) is 5.82 Å². The van der Waals surface area contributed by atoms with Gasteiger partial charge in [0.15, 0.2) is 4.34 Å². The van der Waals surface area contributed by atoms with Crippen molar-refractivity contribution in [1.82, 2.24) is 25.7 Å². The highest BCUT2D eigenvalue weighted by molar-refractivity contribution is 8.00. The minimum absolute atomic E-state index is 0.240. The van der Waals surface area contributed by atoms with Gasteiger partial charge >= 0.3 is 6.09 Å². The monoisotopic (exact) mass is 454 g/mol. The predicted octanol–water partition coefficient (Wildman–Crippen LogP) is 3.32. The number of nitrogens with one attached hydrogen (secondary N) is 2. The van der Waals surface area contributed by atoms with Crippen molar-refractivity contribution in [1.29, 1.82) is 0 Å². The Morgan fingerprint density at radius 3 is 2.69 bits per heavy atom. The lowest BCUT2D eigenvalue weighted by atomic mass is 10.2. The lowest BCUT2D eigenvalue weighted by Gasteiger charge is -2.02. The quantitative estimate of drug-likeness (QED) is 0.393. The molecule has 1 aromatic carbocycles. The maximum Gasteiger partial charge on any atom is 0.413 e. The molecule has 0 bridgehead atoms. The van der Waals surface area contributed by atoms with Crippen molar-refractivity contribution in [3.63, 3.8) is 0 Å². The van der Waals surface area contributed by atoms with Gasteiger partial charge < -0.3 is 10.1 Å². The van der Waals surface area contributed by atoms with E-state index in [1.54, 1.807) is 19.1 Å². The Morgan fingerprint density at radius 2 is 1.93 bits per heavy atom. The van der Waals surface area contributed by atoms with Gasteiger partial charge in [0, 0.05) is 6.54 Å². The zero-order valence-corrected chi connectivity index (χ0v) is 17.5. The summed E-state index contributed by atoms with van der Waals surface area (Å²) in [6.45, 7) is 2.24. The van der Waals surface area contributed by atoms with Gasteiger partial charge in [-0.3, -0.25) is 10.1 Å². The van der Waals surface area contributed by atoms with Crippen LogP contribution in [0.25, 0.3) is 0 Å². The van der Waals surface area contributed by atoms with Crippen LogP contribution >= 0.6 is 34.4 Å². The highest BCUT2D eigenvalue weighted by Crippen LogP contribution is 2.29. The Kier molecular flexibility index (Phi) is 7.43. The van der Waals surface area contributed by atoms with Gasteiger partial charge in [0.05, 0.1) is 12.4 Å². The van der Waals surface area contributed by atoms with Crippen molar-refractivity contribution < 1.29 is 18.7 Å². The minimum Gasteiger partial charge on any atom is -0.450 e. The summed E-state index contributed by atoms with van der Waals surface area (Å²) in [6.07, 6.45) is -0.583. The third-order valence-corrected chi connectivity index (χ3v) is 6.33. The summed E-state index contributed by atoms with van der Waals surface area (Å²) in [6, 6.07) is 5.88. The number of halogens is 1. The van der Waals surface area contributed by atoms with E-state index >= 15 is 0 Å². The molecule has 3 aromatic rings. The van der Waals surface area contributed by atoms with Crippen molar-refractivity contribution in [3.05, 3.63) is 45.7 Å². The average molecular weight is 455 g/mol. The molecule has 0 aliphatic rings. The number of benzene rings is 1. The maximum atomic E-state index is 12.9. The van der Waals surface area contributed by atoms with Crippen molar-refractivity contribution >= 4 is 51.6 Å². The third-order valence-electron chi connectivity index (χ3n) is 3.24. The van der Waals surface area contributed by atoms with E-state index in [0.717, 1.165) is 5.56 Å². The molecule has 0 aliphatic heterocycles. The molecule has 9 nitrogen and oxygen atoms in total.